The average molecular weight is 441 g/mol. The summed E-state index contributed by atoms with van der Waals surface area (Å²) in [4.78, 5) is 37.5. The number of hydrogen-bond donors (Lipinski definition) is 2. The average Bonchev–Trinajstić information content (AvgIpc) is 2.73. The van der Waals surface area contributed by atoms with E-state index in [1.807, 2.05) is 30.3 Å². The quantitative estimate of drug-likeness (QED) is 0.650. The second-order valence-corrected chi connectivity index (χ2v) is 8.34. The van der Waals surface area contributed by atoms with Crippen LogP contribution in [0.5, 0.6) is 5.75 Å². The third-order valence-electron chi connectivity index (χ3n) is 4.42. The van der Waals surface area contributed by atoms with E-state index in [1.165, 1.54) is 0 Å². The van der Waals surface area contributed by atoms with E-state index in [0.717, 1.165) is 11.1 Å². The molecular weight excluding hydrogens is 410 g/mol. The third-order valence-corrected chi connectivity index (χ3v) is 4.42. The second kappa shape index (κ2) is 11.3. The van der Waals surface area contributed by atoms with E-state index in [-0.39, 0.29) is 12.8 Å². The van der Waals surface area contributed by atoms with E-state index in [1.54, 1.807) is 52.1 Å². The van der Waals surface area contributed by atoms with E-state index in [9.17, 15) is 14.4 Å². The zero-order valence-corrected chi connectivity index (χ0v) is 18.8. The number of amides is 3. The molecule has 0 bridgehead atoms. The Bertz CT molecular complexity index is 907. The Hall–Kier alpha value is -3.39. The number of ether oxygens (including phenoxy) is 2. The first-order valence-electron chi connectivity index (χ1n) is 10.3. The van der Waals surface area contributed by atoms with Crippen molar-refractivity contribution in [2.45, 2.75) is 51.3 Å². The number of benzene rings is 2. The maximum atomic E-state index is 12.8. The summed E-state index contributed by atoms with van der Waals surface area (Å²) in [6.45, 7) is 5.14. The van der Waals surface area contributed by atoms with Gasteiger partial charge in [-0.1, -0.05) is 42.5 Å². The fourth-order valence-electron chi connectivity index (χ4n) is 2.87. The lowest BCUT2D eigenvalue weighted by Gasteiger charge is -2.23. The van der Waals surface area contributed by atoms with Crippen LogP contribution in [0, 0.1) is 0 Å². The van der Waals surface area contributed by atoms with Crippen molar-refractivity contribution < 1.29 is 23.9 Å². The molecule has 3 N–H and O–H groups in total. The summed E-state index contributed by atoms with van der Waals surface area (Å²) >= 11 is 0. The molecule has 0 aliphatic carbocycles. The van der Waals surface area contributed by atoms with Gasteiger partial charge in [-0.15, -0.1) is 0 Å². The summed E-state index contributed by atoms with van der Waals surface area (Å²) in [5.41, 5.74) is 6.83. The van der Waals surface area contributed by atoms with Gasteiger partial charge in [0.15, 0.2) is 0 Å². The summed E-state index contributed by atoms with van der Waals surface area (Å²) in [5.74, 6) is -0.852. The van der Waals surface area contributed by atoms with Crippen molar-refractivity contribution in [3.8, 4) is 5.75 Å². The molecule has 0 spiro atoms. The summed E-state index contributed by atoms with van der Waals surface area (Å²) in [6, 6.07) is 14.1. The van der Waals surface area contributed by atoms with Gasteiger partial charge in [0.05, 0.1) is 13.2 Å². The van der Waals surface area contributed by atoms with Crippen molar-refractivity contribution in [2.24, 2.45) is 5.73 Å². The van der Waals surface area contributed by atoms with Crippen molar-refractivity contribution in [3.05, 3.63) is 65.7 Å². The normalized spacial score (nSPS) is 12.9. The zero-order valence-electron chi connectivity index (χ0n) is 18.8. The Kier molecular flexibility index (Phi) is 8.78. The Labute approximate surface area is 188 Å². The monoisotopic (exact) mass is 440 g/mol. The van der Waals surface area contributed by atoms with Crippen LogP contribution in [0.15, 0.2) is 54.6 Å². The minimum atomic E-state index is -1.07. The van der Waals surface area contributed by atoms with Gasteiger partial charge in [0.25, 0.3) is 11.8 Å². The van der Waals surface area contributed by atoms with Crippen LogP contribution in [0.4, 0.5) is 4.79 Å². The van der Waals surface area contributed by atoms with Crippen molar-refractivity contribution in [3.63, 3.8) is 0 Å². The Morgan fingerprint density at radius 2 is 1.53 bits per heavy atom. The number of nitrogens with one attached hydrogen (secondary N) is 1. The molecule has 0 fully saturated rings. The molecule has 0 aliphatic rings. The van der Waals surface area contributed by atoms with Crippen LogP contribution < -0.4 is 21.1 Å². The third kappa shape index (κ3) is 8.39. The molecular formula is C24H30N3O5. The highest BCUT2D eigenvalue weighted by atomic mass is 16.6. The summed E-state index contributed by atoms with van der Waals surface area (Å²) < 4.78 is 10.3. The highest BCUT2D eigenvalue weighted by molar-refractivity contribution is 6.00. The lowest BCUT2D eigenvalue weighted by molar-refractivity contribution is -0.132. The molecule has 2 atom stereocenters. The molecule has 0 aliphatic heterocycles. The Morgan fingerprint density at radius 1 is 0.938 bits per heavy atom. The van der Waals surface area contributed by atoms with Crippen LogP contribution in [0.2, 0.25) is 0 Å². The van der Waals surface area contributed by atoms with E-state index < -0.39 is 35.6 Å². The molecule has 0 saturated carbocycles. The molecule has 2 aromatic rings. The van der Waals surface area contributed by atoms with Crippen molar-refractivity contribution in [2.75, 3.05) is 7.11 Å². The second-order valence-electron chi connectivity index (χ2n) is 8.34. The van der Waals surface area contributed by atoms with Crippen LogP contribution in [-0.4, -0.2) is 42.7 Å². The van der Waals surface area contributed by atoms with Crippen molar-refractivity contribution in [1.29, 1.82) is 0 Å². The van der Waals surface area contributed by atoms with Gasteiger partial charge in [0.2, 0.25) is 0 Å². The van der Waals surface area contributed by atoms with Crippen LogP contribution in [0.1, 0.15) is 31.9 Å². The number of carbonyl (C=O) groups excluding carboxylic acids is 3. The molecule has 0 aromatic heterocycles. The Balaban J connectivity index is 2.04. The number of alkyl carbamates (subject to hydrolysis) is 1. The maximum absolute atomic E-state index is 12.8. The lowest BCUT2D eigenvalue weighted by Crippen LogP contribution is -2.50. The number of nitrogens with zero attached hydrogens (tertiary/aromatic N) is 1. The fraction of sp³-hybridized carbons (Fsp3) is 0.375. The molecule has 0 heterocycles. The van der Waals surface area contributed by atoms with Crippen molar-refractivity contribution in [1.82, 2.24) is 10.6 Å². The number of imide groups is 1. The van der Waals surface area contributed by atoms with Gasteiger partial charge in [-0.25, -0.2) is 4.79 Å². The van der Waals surface area contributed by atoms with Crippen LogP contribution in [-0.2, 0) is 27.2 Å². The molecule has 32 heavy (non-hydrogen) atoms. The van der Waals surface area contributed by atoms with Gasteiger partial charge in [0, 0.05) is 6.42 Å². The molecule has 0 saturated heterocycles. The largest absolute Gasteiger partial charge is 0.497 e. The summed E-state index contributed by atoms with van der Waals surface area (Å²) in [6.07, 6.45) is -0.400. The van der Waals surface area contributed by atoms with Gasteiger partial charge >= 0.3 is 6.09 Å². The van der Waals surface area contributed by atoms with Crippen molar-refractivity contribution >= 4 is 17.9 Å². The van der Waals surface area contributed by atoms with Gasteiger partial charge in [-0.3, -0.25) is 9.59 Å². The zero-order chi connectivity index (χ0) is 23.7. The van der Waals surface area contributed by atoms with E-state index in [2.05, 4.69) is 10.6 Å². The highest BCUT2D eigenvalue weighted by Crippen LogP contribution is 2.13. The SMILES string of the molecule is COc1ccc(C[C@H](N)C(=O)[N]C(=O)[C@H](Cc2ccccc2)NC(=O)OC(C)(C)C)cc1. The maximum Gasteiger partial charge on any atom is 0.408 e. The predicted molar refractivity (Wildman–Crippen MR) is 120 cm³/mol. The molecule has 1 radical (unpaired) electrons. The van der Waals surface area contributed by atoms with Gasteiger partial charge < -0.3 is 20.5 Å². The predicted octanol–water partition coefficient (Wildman–Crippen LogP) is 2.36. The first kappa shape index (κ1) is 24.9. The first-order chi connectivity index (χ1) is 15.1. The van der Waals surface area contributed by atoms with E-state index in [0.29, 0.717) is 5.75 Å². The number of hydrogen-bond acceptors (Lipinski definition) is 6. The molecule has 3 amide bonds. The number of carbonyl (C=O) groups is 3. The van der Waals surface area contributed by atoms with Gasteiger partial charge in [-0.2, -0.15) is 5.32 Å². The molecule has 0 unspecified atom stereocenters. The number of rotatable bonds is 8. The molecule has 8 heteroatoms. The van der Waals surface area contributed by atoms with Crippen LogP contribution in [0.25, 0.3) is 0 Å². The molecule has 8 nitrogen and oxygen atoms in total. The van der Waals surface area contributed by atoms with Gasteiger partial charge in [-0.05, 0) is 50.5 Å². The Morgan fingerprint density at radius 3 is 2.09 bits per heavy atom. The molecule has 2 rings (SSSR count). The minimum absolute atomic E-state index is 0.156. The summed E-state index contributed by atoms with van der Waals surface area (Å²) in [7, 11) is 1.56. The number of nitrogens with two attached hydrogens (primary N) is 1. The highest BCUT2D eigenvalue weighted by Gasteiger charge is 2.28. The number of methoxy groups -OCH3 is 1. The topological polar surface area (TPSA) is 122 Å². The first-order valence-corrected chi connectivity index (χ1v) is 10.3. The minimum Gasteiger partial charge on any atom is -0.497 e. The molecule has 171 valence electrons. The smallest absolute Gasteiger partial charge is 0.408 e. The van der Waals surface area contributed by atoms with E-state index in [4.69, 9.17) is 15.2 Å². The standard InChI is InChI=1S/C24H30N3O5/c1-24(2,3)32-23(30)26-20(15-16-8-6-5-7-9-16)22(29)27-21(28)19(25)14-17-10-12-18(31-4)13-11-17/h5-13,19-20H,14-15,25H2,1-4H3,(H,26,30)/t19-,20-/m0/s1. The molecule has 2 aromatic carbocycles. The van der Waals surface area contributed by atoms with Crippen LogP contribution in [0.3, 0.4) is 0 Å². The van der Waals surface area contributed by atoms with E-state index >= 15 is 0 Å². The fourth-order valence-corrected chi connectivity index (χ4v) is 2.87. The van der Waals surface area contributed by atoms with Gasteiger partial charge in [0.1, 0.15) is 17.4 Å². The van der Waals surface area contributed by atoms with Crippen LogP contribution >= 0.6 is 0 Å². The summed E-state index contributed by atoms with van der Waals surface area (Å²) in [5, 5.41) is 6.17. The lowest BCUT2D eigenvalue weighted by atomic mass is 10.0.